The van der Waals surface area contributed by atoms with Crippen LogP contribution in [0.4, 0.5) is 11.4 Å². The van der Waals surface area contributed by atoms with Crippen molar-refractivity contribution in [1.82, 2.24) is 0 Å². The molecule has 2 aromatic rings. The molecule has 0 saturated carbocycles. The molecular weight excluding hydrogens is 278 g/mol. The van der Waals surface area contributed by atoms with Crippen LogP contribution < -0.4 is 15.5 Å². The quantitative estimate of drug-likeness (QED) is 0.865. The standard InChI is InChI=1S/C17H19N3S/c1-19-10-11-20(16-7-3-2-6-15(16)19)13-17-14(5-4-9-18)8-12-21-17/h2-3,6-8,12H,9-11,13,18H2,1H3. The van der Waals surface area contributed by atoms with Gasteiger partial charge in [-0.05, 0) is 23.6 Å². The normalized spacial score (nSPS) is 13.6. The smallest absolute Gasteiger partial charge is 0.0607 e. The zero-order chi connectivity index (χ0) is 14.7. The third kappa shape index (κ3) is 2.90. The van der Waals surface area contributed by atoms with Crippen LogP contribution in [0.3, 0.4) is 0 Å². The van der Waals surface area contributed by atoms with Gasteiger partial charge in [0.25, 0.3) is 0 Å². The van der Waals surface area contributed by atoms with Gasteiger partial charge in [-0.2, -0.15) is 0 Å². The van der Waals surface area contributed by atoms with Crippen LogP contribution in [0.1, 0.15) is 10.4 Å². The fourth-order valence-corrected chi connectivity index (χ4v) is 3.47. The predicted octanol–water partition coefficient (Wildman–Crippen LogP) is 2.51. The number of likely N-dealkylation sites (N-methyl/N-ethyl adjacent to an activating group) is 1. The first kappa shape index (κ1) is 14.0. The number of anilines is 2. The van der Waals surface area contributed by atoms with E-state index in [1.807, 2.05) is 0 Å². The van der Waals surface area contributed by atoms with Gasteiger partial charge in [-0.3, -0.25) is 0 Å². The molecule has 0 bridgehead atoms. The highest BCUT2D eigenvalue weighted by atomic mass is 32.1. The molecule has 1 aliphatic heterocycles. The van der Waals surface area contributed by atoms with Crippen LogP contribution >= 0.6 is 11.3 Å². The molecule has 0 aliphatic carbocycles. The summed E-state index contributed by atoms with van der Waals surface area (Å²) in [4.78, 5) is 6.07. The first-order valence-corrected chi connectivity index (χ1v) is 7.98. The average molecular weight is 297 g/mol. The van der Waals surface area contributed by atoms with Crippen molar-refractivity contribution in [2.24, 2.45) is 5.73 Å². The molecule has 21 heavy (non-hydrogen) atoms. The molecule has 2 N–H and O–H groups in total. The second-order valence-electron chi connectivity index (χ2n) is 5.10. The van der Waals surface area contributed by atoms with Crippen molar-refractivity contribution in [3.63, 3.8) is 0 Å². The molecule has 4 heteroatoms. The van der Waals surface area contributed by atoms with Gasteiger partial charge in [0.1, 0.15) is 0 Å². The second-order valence-corrected chi connectivity index (χ2v) is 6.10. The van der Waals surface area contributed by atoms with Crippen LogP contribution in [0, 0.1) is 11.8 Å². The van der Waals surface area contributed by atoms with Gasteiger partial charge in [0.05, 0.1) is 24.5 Å². The highest BCUT2D eigenvalue weighted by Crippen LogP contribution is 2.33. The Labute approximate surface area is 130 Å². The van der Waals surface area contributed by atoms with Crippen molar-refractivity contribution >= 4 is 22.7 Å². The molecule has 108 valence electrons. The van der Waals surface area contributed by atoms with Crippen LogP contribution in [0.25, 0.3) is 0 Å². The van der Waals surface area contributed by atoms with E-state index >= 15 is 0 Å². The van der Waals surface area contributed by atoms with Crippen LogP contribution in [-0.4, -0.2) is 26.7 Å². The van der Waals surface area contributed by atoms with E-state index < -0.39 is 0 Å². The van der Waals surface area contributed by atoms with E-state index in [0.717, 1.165) is 25.2 Å². The first-order chi connectivity index (χ1) is 10.3. The highest BCUT2D eigenvalue weighted by Gasteiger charge is 2.20. The molecule has 0 atom stereocenters. The first-order valence-electron chi connectivity index (χ1n) is 7.10. The van der Waals surface area contributed by atoms with E-state index in [1.54, 1.807) is 11.3 Å². The Morgan fingerprint density at radius 3 is 2.81 bits per heavy atom. The van der Waals surface area contributed by atoms with Crippen molar-refractivity contribution in [3.8, 4) is 11.8 Å². The van der Waals surface area contributed by atoms with Crippen molar-refractivity contribution < 1.29 is 0 Å². The van der Waals surface area contributed by atoms with Gasteiger partial charge in [0, 0.05) is 30.6 Å². The molecule has 0 radical (unpaired) electrons. The lowest BCUT2D eigenvalue weighted by Crippen LogP contribution is -2.38. The zero-order valence-corrected chi connectivity index (χ0v) is 13.0. The Hall–Kier alpha value is -1.96. The number of benzene rings is 1. The van der Waals surface area contributed by atoms with Gasteiger partial charge in [-0.1, -0.05) is 24.0 Å². The fourth-order valence-electron chi connectivity index (χ4n) is 2.62. The summed E-state index contributed by atoms with van der Waals surface area (Å²) in [6, 6.07) is 10.7. The third-order valence-corrected chi connectivity index (χ3v) is 4.65. The Kier molecular flexibility index (Phi) is 4.14. The van der Waals surface area contributed by atoms with Crippen molar-refractivity contribution in [3.05, 3.63) is 46.2 Å². The van der Waals surface area contributed by atoms with Gasteiger partial charge in [-0.15, -0.1) is 11.3 Å². The summed E-state index contributed by atoms with van der Waals surface area (Å²) >= 11 is 1.77. The molecule has 0 saturated heterocycles. The number of hydrogen-bond acceptors (Lipinski definition) is 4. The number of nitrogens with two attached hydrogens (primary N) is 1. The summed E-state index contributed by atoms with van der Waals surface area (Å²) in [5.74, 6) is 6.13. The Morgan fingerprint density at radius 2 is 2.00 bits per heavy atom. The maximum Gasteiger partial charge on any atom is 0.0607 e. The number of hydrogen-bond donors (Lipinski definition) is 1. The van der Waals surface area contributed by atoms with Crippen LogP contribution in [0.15, 0.2) is 35.7 Å². The van der Waals surface area contributed by atoms with Crippen molar-refractivity contribution in [2.45, 2.75) is 6.54 Å². The van der Waals surface area contributed by atoms with E-state index in [0.29, 0.717) is 6.54 Å². The van der Waals surface area contributed by atoms with Crippen LogP contribution in [-0.2, 0) is 6.54 Å². The van der Waals surface area contributed by atoms with E-state index in [2.05, 4.69) is 64.4 Å². The minimum atomic E-state index is 0.409. The molecule has 3 rings (SSSR count). The lowest BCUT2D eigenvalue weighted by Gasteiger charge is -2.36. The molecule has 0 spiro atoms. The maximum absolute atomic E-state index is 5.47. The zero-order valence-electron chi connectivity index (χ0n) is 12.2. The van der Waals surface area contributed by atoms with Gasteiger partial charge in [0.2, 0.25) is 0 Å². The minimum Gasteiger partial charge on any atom is -0.371 e. The van der Waals surface area contributed by atoms with Gasteiger partial charge in [0.15, 0.2) is 0 Å². The summed E-state index contributed by atoms with van der Waals surface area (Å²) in [5, 5.41) is 2.11. The molecule has 0 fully saturated rings. The summed E-state index contributed by atoms with van der Waals surface area (Å²) in [7, 11) is 2.15. The Morgan fingerprint density at radius 1 is 1.19 bits per heavy atom. The number of fused-ring (bicyclic) bond motifs is 1. The lowest BCUT2D eigenvalue weighted by molar-refractivity contribution is 0.739. The summed E-state index contributed by atoms with van der Waals surface area (Å²) in [5.41, 5.74) is 9.19. The summed E-state index contributed by atoms with van der Waals surface area (Å²) in [6.07, 6.45) is 0. The highest BCUT2D eigenvalue weighted by molar-refractivity contribution is 7.10. The predicted molar refractivity (Wildman–Crippen MR) is 91.0 cm³/mol. The molecule has 1 aromatic heterocycles. The number of rotatable bonds is 2. The van der Waals surface area contributed by atoms with Gasteiger partial charge < -0.3 is 15.5 Å². The largest absolute Gasteiger partial charge is 0.371 e. The summed E-state index contributed by atoms with van der Waals surface area (Å²) in [6.45, 7) is 3.41. The Bertz CT molecular complexity index is 681. The van der Waals surface area contributed by atoms with Gasteiger partial charge in [-0.25, -0.2) is 0 Å². The number of para-hydroxylation sites is 2. The molecule has 0 unspecified atom stereocenters. The molecule has 1 aromatic carbocycles. The number of nitrogens with zero attached hydrogens (tertiary/aromatic N) is 2. The topological polar surface area (TPSA) is 32.5 Å². The van der Waals surface area contributed by atoms with Crippen LogP contribution in [0.5, 0.6) is 0 Å². The molecule has 3 nitrogen and oxygen atoms in total. The molecule has 0 amide bonds. The SMILES string of the molecule is CN1CCN(Cc2sccc2C#CCN)c2ccccc21. The molecule has 2 heterocycles. The van der Waals surface area contributed by atoms with E-state index in [-0.39, 0.29) is 0 Å². The van der Waals surface area contributed by atoms with E-state index in [4.69, 9.17) is 5.73 Å². The average Bonchev–Trinajstić information content (AvgIpc) is 2.95. The van der Waals surface area contributed by atoms with Crippen molar-refractivity contribution in [1.29, 1.82) is 0 Å². The van der Waals surface area contributed by atoms with Crippen LogP contribution in [0.2, 0.25) is 0 Å². The molecule has 1 aliphatic rings. The number of thiophene rings is 1. The fraction of sp³-hybridized carbons (Fsp3) is 0.294. The van der Waals surface area contributed by atoms with E-state index in [9.17, 15) is 0 Å². The lowest BCUT2D eigenvalue weighted by atomic mass is 10.1. The van der Waals surface area contributed by atoms with E-state index in [1.165, 1.54) is 16.3 Å². The Balaban J connectivity index is 1.87. The minimum absolute atomic E-state index is 0.409. The monoisotopic (exact) mass is 297 g/mol. The maximum atomic E-state index is 5.47. The van der Waals surface area contributed by atoms with Gasteiger partial charge >= 0.3 is 0 Å². The van der Waals surface area contributed by atoms with Crippen molar-refractivity contribution in [2.75, 3.05) is 36.5 Å². The third-order valence-electron chi connectivity index (χ3n) is 3.74. The summed E-state index contributed by atoms with van der Waals surface area (Å²) < 4.78 is 0. The second kappa shape index (κ2) is 6.21. The molecular formula is C17H19N3S.